The van der Waals surface area contributed by atoms with Gasteiger partial charge in [0.15, 0.2) is 0 Å². The third-order valence-corrected chi connectivity index (χ3v) is 5.43. The standard InChI is InChI=1S/C17H15BrN2OS/c18-11-4-5-14-13(8-11)12-2-1-3-15(16(12)19-14)20-17(21)10-6-7-22-9-10/h4-9,15,19H,1-3H2,(H,20,21). The quantitative estimate of drug-likeness (QED) is 0.664. The van der Waals surface area contributed by atoms with Gasteiger partial charge in [-0.2, -0.15) is 11.3 Å². The van der Waals surface area contributed by atoms with Crippen molar-refractivity contribution in [3.63, 3.8) is 0 Å². The fraction of sp³-hybridized carbons (Fsp3) is 0.235. The van der Waals surface area contributed by atoms with Crippen LogP contribution in [0.4, 0.5) is 0 Å². The van der Waals surface area contributed by atoms with E-state index in [2.05, 4.69) is 38.4 Å². The zero-order chi connectivity index (χ0) is 15.1. The van der Waals surface area contributed by atoms with Gasteiger partial charge < -0.3 is 10.3 Å². The number of fused-ring (bicyclic) bond motifs is 3. The number of aromatic nitrogens is 1. The van der Waals surface area contributed by atoms with E-state index in [0.29, 0.717) is 0 Å². The number of aryl methyl sites for hydroxylation is 1. The van der Waals surface area contributed by atoms with Crippen LogP contribution in [0.25, 0.3) is 10.9 Å². The summed E-state index contributed by atoms with van der Waals surface area (Å²) in [5.41, 5.74) is 4.40. The van der Waals surface area contributed by atoms with E-state index in [1.165, 1.54) is 16.6 Å². The fourth-order valence-electron chi connectivity index (χ4n) is 3.21. The number of benzene rings is 1. The molecule has 22 heavy (non-hydrogen) atoms. The van der Waals surface area contributed by atoms with Gasteiger partial charge in [0.1, 0.15) is 0 Å². The van der Waals surface area contributed by atoms with Crippen LogP contribution in [0, 0.1) is 0 Å². The number of halogens is 1. The summed E-state index contributed by atoms with van der Waals surface area (Å²) in [5, 5.41) is 8.26. The SMILES string of the molecule is O=C(NC1CCCc2c1[nH]c1ccc(Br)cc21)c1ccsc1. The molecule has 0 radical (unpaired) electrons. The topological polar surface area (TPSA) is 44.9 Å². The van der Waals surface area contributed by atoms with Gasteiger partial charge in [0.25, 0.3) is 5.91 Å². The maximum atomic E-state index is 12.3. The van der Waals surface area contributed by atoms with Crippen LogP contribution in [0.2, 0.25) is 0 Å². The molecule has 2 N–H and O–H groups in total. The Morgan fingerprint density at radius 1 is 1.36 bits per heavy atom. The first-order valence-electron chi connectivity index (χ1n) is 7.35. The molecule has 1 aromatic carbocycles. The molecular formula is C17H15BrN2OS. The summed E-state index contributed by atoms with van der Waals surface area (Å²) in [7, 11) is 0. The lowest BCUT2D eigenvalue weighted by molar-refractivity contribution is 0.0932. The smallest absolute Gasteiger partial charge is 0.252 e. The molecule has 112 valence electrons. The van der Waals surface area contributed by atoms with Crippen molar-refractivity contribution < 1.29 is 4.79 Å². The maximum absolute atomic E-state index is 12.3. The van der Waals surface area contributed by atoms with E-state index in [9.17, 15) is 4.79 Å². The van der Waals surface area contributed by atoms with Gasteiger partial charge in [-0.05, 0) is 54.5 Å². The van der Waals surface area contributed by atoms with Crippen molar-refractivity contribution in [1.82, 2.24) is 10.3 Å². The monoisotopic (exact) mass is 374 g/mol. The van der Waals surface area contributed by atoms with E-state index in [-0.39, 0.29) is 11.9 Å². The molecule has 0 aliphatic heterocycles. The summed E-state index contributed by atoms with van der Waals surface area (Å²) >= 11 is 5.09. The lowest BCUT2D eigenvalue weighted by Gasteiger charge is -2.23. The number of hydrogen-bond donors (Lipinski definition) is 2. The molecule has 1 unspecified atom stereocenters. The number of carbonyl (C=O) groups excluding carboxylic acids is 1. The predicted octanol–water partition coefficient (Wildman–Crippen LogP) is 4.80. The van der Waals surface area contributed by atoms with Gasteiger partial charge in [0.2, 0.25) is 0 Å². The van der Waals surface area contributed by atoms with Crippen molar-refractivity contribution in [2.24, 2.45) is 0 Å². The second kappa shape index (κ2) is 5.56. The second-order valence-corrected chi connectivity index (χ2v) is 7.33. The van der Waals surface area contributed by atoms with Crippen molar-refractivity contribution in [3.8, 4) is 0 Å². The Balaban J connectivity index is 1.70. The largest absolute Gasteiger partial charge is 0.356 e. The van der Waals surface area contributed by atoms with E-state index in [1.807, 2.05) is 22.9 Å². The van der Waals surface area contributed by atoms with Crippen LogP contribution in [0.5, 0.6) is 0 Å². The highest BCUT2D eigenvalue weighted by atomic mass is 79.9. The van der Waals surface area contributed by atoms with Crippen molar-refractivity contribution in [2.75, 3.05) is 0 Å². The normalized spacial score (nSPS) is 17.4. The number of hydrogen-bond acceptors (Lipinski definition) is 2. The summed E-state index contributed by atoms with van der Waals surface area (Å²) in [5.74, 6) is 0.0129. The molecule has 2 heterocycles. The van der Waals surface area contributed by atoms with Gasteiger partial charge in [-0.3, -0.25) is 4.79 Å². The average Bonchev–Trinajstić information content (AvgIpc) is 3.15. The predicted molar refractivity (Wildman–Crippen MR) is 93.5 cm³/mol. The fourth-order valence-corrected chi connectivity index (χ4v) is 4.21. The van der Waals surface area contributed by atoms with Crippen LogP contribution in [-0.2, 0) is 6.42 Å². The van der Waals surface area contributed by atoms with Crippen molar-refractivity contribution in [3.05, 3.63) is 56.3 Å². The number of aromatic amines is 1. The highest BCUT2D eigenvalue weighted by Crippen LogP contribution is 2.35. The van der Waals surface area contributed by atoms with Gasteiger partial charge in [-0.15, -0.1) is 0 Å². The van der Waals surface area contributed by atoms with E-state index in [4.69, 9.17) is 0 Å². The summed E-state index contributed by atoms with van der Waals surface area (Å²) in [4.78, 5) is 15.8. The number of carbonyl (C=O) groups is 1. The van der Waals surface area contributed by atoms with Crippen molar-refractivity contribution in [1.29, 1.82) is 0 Å². The maximum Gasteiger partial charge on any atom is 0.252 e. The van der Waals surface area contributed by atoms with E-state index in [1.54, 1.807) is 11.3 Å². The molecule has 5 heteroatoms. The van der Waals surface area contributed by atoms with Crippen molar-refractivity contribution >= 4 is 44.1 Å². The molecule has 0 saturated carbocycles. The Hall–Kier alpha value is -1.59. The Labute approximate surface area is 140 Å². The number of rotatable bonds is 2. The highest BCUT2D eigenvalue weighted by Gasteiger charge is 2.26. The first-order chi connectivity index (χ1) is 10.7. The number of nitrogens with one attached hydrogen (secondary N) is 2. The van der Waals surface area contributed by atoms with Crippen LogP contribution in [-0.4, -0.2) is 10.9 Å². The molecule has 1 atom stereocenters. The third-order valence-electron chi connectivity index (χ3n) is 4.26. The lowest BCUT2D eigenvalue weighted by atomic mass is 9.91. The summed E-state index contributed by atoms with van der Waals surface area (Å²) in [6.45, 7) is 0. The molecule has 1 aliphatic rings. The zero-order valence-electron chi connectivity index (χ0n) is 11.9. The first kappa shape index (κ1) is 14.0. The van der Waals surface area contributed by atoms with E-state index in [0.717, 1.165) is 34.8 Å². The van der Waals surface area contributed by atoms with Gasteiger partial charge in [0.05, 0.1) is 11.6 Å². The molecule has 3 nitrogen and oxygen atoms in total. The lowest BCUT2D eigenvalue weighted by Crippen LogP contribution is -2.30. The summed E-state index contributed by atoms with van der Waals surface area (Å²) < 4.78 is 1.09. The summed E-state index contributed by atoms with van der Waals surface area (Å²) in [6.07, 6.45) is 3.15. The Morgan fingerprint density at radius 2 is 2.27 bits per heavy atom. The van der Waals surface area contributed by atoms with E-state index < -0.39 is 0 Å². The average molecular weight is 375 g/mol. The van der Waals surface area contributed by atoms with Crippen LogP contribution < -0.4 is 5.32 Å². The molecule has 0 bridgehead atoms. The van der Waals surface area contributed by atoms with Gasteiger partial charge in [0, 0.05) is 26.4 Å². The Morgan fingerprint density at radius 3 is 3.09 bits per heavy atom. The molecule has 2 aromatic heterocycles. The van der Waals surface area contributed by atoms with Gasteiger partial charge in [-0.25, -0.2) is 0 Å². The molecule has 1 aliphatic carbocycles. The Kier molecular flexibility index (Phi) is 3.54. The minimum absolute atomic E-state index is 0.0129. The van der Waals surface area contributed by atoms with Crippen LogP contribution in [0.1, 0.15) is 40.5 Å². The van der Waals surface area contributed by atoms with Crippen molar-refractivity contribution in [2.45, 2.75) is 25.3 Å². The molecular weight excluding hydrogens is 360 g/mol. The zero-order valence-corrected chi connectivity index (χ0v) is 14.3. The van der Waals surface area contributed by atoms with Crippen LogP contribution >= 0.6 is 27.3 Å². The van der Waals surface area contributed by atoms with Gasteiger partial charge in [-0.1, -0.05) is 15.9 Å². The van der Waals surface area contributed by atoms with Crippen LogP contribution in [0.3, 0.4) is 0 Å². The number of H-pyrrole nitrogens is 1. The molecule has 3 aromatic rings. The Bertz CT molecular complexity index is 838. The molecule has 0 spiro atoms. The van der Waals surface area contributed by atoms with Gasteiger partial charge >= 0.3 is 0 Å². The first-order valence-corrected chi connectivity index (χ1v) is 9.09. The van der Waals surface area contributed by atoms with E-state index >= 15 is 0 Å². The second-order valence-electron chi connectivity index (χ2n) is 5.64. The number of thiophene rings is 1. The van der Waals surface area contributed by atoms with Crippen LogP contribution in [0.15, 0.2) is 39.5 Å². The molecule has 4 rings (SSSR count). The third kappa shape index (κ3) is 2.38. The minimum atomic E-state index is 0.0129. The highest BCUT2D eigenvalue weighted by molar-refractivity contribution is 9.10. The number of amides is 1. The minimum Gasteiger partial charge on any atom is -0.356 e. The summed E-state index contributed by atoms with van der Waals surface area (Å²) in [6, 6.07) is 8.24. The molecule has 1 amide bonds. The molecule has 0 saturated heterocycles. The molecule has 0 fully saturated rings.